The first-order valence-corrected chi connectivity index (χ1v) is 2.57. The van der Waals surface area contributed by atoms with E-state index in [0.717, 1.165) is 3.70 Å². The average Bonchev–Trinajstić information content (AvgIpc) is 1.86. The third kappa shape index (κ3) is 2.39. The van der Waals surface area contributed by atoms with Gasteiger partial charge < -0.3 is 10.2 Å². The molecule has 0 saturated heterocycles. The van der Waals surface area contributed by atoms with Crippen LogP contribution in [0.1, 0.15) is 0 Å². The van der Waals surface area contributed by atoms with Crippen molar-refractivity contribution in [3.63, 3.8) is 0 Å². The fourth-order valence-corrected chi connectivity index (χ4v) is 0.502. The minimum atomic E-state index is 0. The van der Waals surface area contributed by atoms with E-state index in [2.05, 4.69) is 32.8 Å². The Labute approximate surface area is 68.0 Å². The minimum absolute atomic E-state index is 0. The first-order valence-electron chi connectivity index (χ1n) is 1.49. The van der Waals surface area contributed by atoms with Crippen LogP contribution in [0.2, 0.25) is 0 Å². The quantitative estimate of drug-likeness (QED) is 0.519. The standard InChI is InChI=1S/C3H2IN2.Rh/c4-3-1-2-5-6-3;/h1-2H;/q-1;. The van der Waals surface area contributed by atoms with Gasteiger partial charge in [-0.2, -0.15) is 6.20 Å². The number of rotatable bonds is 0. The molecule has 0 atom stereocenters. The molecule has 2 nitrogen and oxygen atoms in total. The summed E-state index contributed by atoms with van der Waals surface area (Å²) in [6.07, 6.45) is 1.67. The smallest absolute Gasteiger partial charge is 0.0785 e. The van der Waals surface area contributed by atoms with Crippen LogP contribution in [0.15, 0.2) is 12.3 Å². The van der Waals surface area contributed by atoms with Crippen LogP contribution in [-0.4, -0.2) is 5.10 Å². The number of hydrogen-bond acceptors (Lipinski definition) is 1. The molecule has 4 heteroatoms. The van der Waals surface area contributed by atoms with Crippen molar-refractivity contribution in [2.45, 2.75) is 0 Å². The van der Waals surface area contributed by atoms with Crippen LogP contribution in [0.3, 0.4) is 0 Å². The van der Waals surface area contributed by atoms with Crippen LogP contribution in [0, 0.1) is 3.70 Å². The molecule has 0 N–H and O–H groups in total. The first-order chi connectivity index (χ1) is 2.89. The second-order valence-corrected chi connectivity index (χ2v) is 1.96. The van der Waals surface area contributed by atoms with Crippen molar-refractivity contribution in [1.82, 2.24) is 10.2 Å². The molecule has 0 aromatic carbocycles. The zero-order chi connectivity index (χ0) is 4.41. The van der Waals surface area contributed by atoms with Crippen LogP contribution in [0.5, 0.6) is 0 Å². The van der Waals surface area contributed by atoms with E-state index in [1.54, 1.807) is 6.20 Å². The Morgan fingerprint density at radius 3 is 2.57 bits per heavy atom. The topological polar surface area (TPSA) is 27.0 Å². The molecule has 1 heterocycles. The van der Waals surface area contributed by atoms with Gasteiger partial charge >= 0.3 is 0 Å². The molecule has 0 amide bonds. The van der Waals surface area contributed by atoms with Crippen molar-refractivity contribution >= 4 is 22.6 Å². The van der Waals surface area contributed by atoms with E-state index in [9.17, 15) is 0 Å². The Kier molecular flexibility index (Phi) is 3.84. The molecule has 0 aliphatic heterocycles. The molecule has 7 heavy (non-hydrogen) atoms. The second-order valence-electron chi connectivity index (χ2n) is 0.854. The van der Waals surface area contributed by atoms with Crippen molar-refractivity contribution in [1.29, 1.82) is 0 Å². The molecule has 0 spiro atoms. The zero-order valence-corrected chi connectivity index (χ0v) is 7.06. The van der Waals surface area contributed by atoms with Gasteiger partial charge in [-0.3, -0.25) is 0 Å². The molecular formula is C3H2IN2Rh-. The second kappa shape index (κ2) is 3.55. The third-order valence-electron chi connectivity index (χ3n) is 0.432. The van der Waals surface area contributed by atoms with Crippen LogP contribution >= 0.6 is 22.6 Å². The summed E-state index contributed by atoms with van der Waals surface area (Å²) < 4.78 is 0.951. The maximum absolute atomic E-state index is 3.65. The van der Waals surface area contributed by atoms with E-state index >= 15 is 0 Å². The largest absolute Gasteiger partial charge is 0.581 e. The van der Waals surface area contributed by atoms with Crippen molar-refractivity contribution in [2.24, 2.45) is 0 Å². The van der Waals surface area contributed by atoms with E-state index in [-0.39, 0.29) is 19.5 Å². The molecule has 1 aromatic heterocycles. The van der Waals surface area contributed by atoms with E-state index < -0.39 is 0 Å². The molecule has 0 saturated carbocycles. The van der Waals surface area contributed by atoms with Gasteiger partial charge in [0.2, 0.25) is 0 Å². The maximum Gasteiger partial charge on any atom is 0.0785 e. The third-order valence-corrected chi connectivity index (χ3v) is 1.01. The van der Waals surface area contributed by atoms with Crippen LogP contribution in [0.25, 0.3) is 0 Å². The predicted octanol–water partition coefficient (Wildman–Crippen LogP) is 0.641. The zero-order valence-electron chi connectivity index (χ0n) is 3.26. The molecule has 0 aliphatic carbocycles. The SMILES string of the molecule is Ic1cc[n-]n1.[Rh]. The van der Waals surface area contributed by atoms with E-state index in [4.69, 9.17) is 0 Å². The van der Waals surface area contributed by atoms with Gasteiger partial charge in [0.15, 0.2) is 0 Å². The normalized spacial score (nSPS) is 7.57. The van der Waals surface area contributed by atoms with Gasteiger partial charge in [-0.05, 0) is 22.6 Å². The van der Waals surface area contributed by atoms with E-state index in [0.29, 0.717) is 0 Å². The summed E-state index contributed by atoms with van der Waals surface area (Å²) in [4.78, 5) is 0. The van der Waals surface area contributed by atoms with E-state index in [1.165, 1.54) is 0 Å². The van der Waals surface area contributed by atoms with Gasteiger partial charge in [-0.15, -0.1) is 0 Å². The van der Waals surface area contributed by atoms with Crippen molar-refractivity contribution in [3.8, 4) is 0 Å². The minimum Gasteiger partial charge on any atom is -0.581 e. The summed E-state index contributed by atoms with van der Waals surface area (Å²) in [5.74, 6) is 0. The predicted molar refractivity (Wildman–Crippen MR) is 30.3 cm³/mol. The number of hydrogen-bond donors (Lipinski definition) is 0. The molecule has 1 radical (unpaired) electrons. The van der Waals surface area contributed by atoms with Crippen molar-refractivity contribution in [3.05, 3.63) is 16.0 Å². The summed E-state index contributed by atoms with van der Waals surface area (Å²) in [6, 6.07) is 1.85. The maximum atomic E-state index is 3.65. The Hall–Kier alpha value is 0.563. The summed E-state index contributed by atoms with van der Waals surface area (Å²) in [5, 5.41) is 7.22. The van der Waals surface area contributed by atoms with Gasteiger partial charge in [0.05, 0.1) is 3.70 Å². The van der Waals surface area contributed by atoms with Crippen molar-refractivity contribution in [2.75, 3.05) is 0 Å². The fraction of sp³-hybridized carbons (Fsp3) is 0. The summed E-state index contributed by atoms with van der Waals surface area (Å²) in [6.45, 7) is 0. The Morgan fingerprint density at radius 2 is 2.43 bits per heavy atom. The monoisotopic (exact) mass is 296 g/mol. The Bertz CT molecular complexity index is 116. The number of halogens is 1. The van der Waals surface area contributed by atoms with Gasteiger partial charge in [0.25, 0.3) is 0 Å². The fourth-order valence-electron chi connectivity index (χ4n) is 0.217. The van der Waals surface area contributed by atoms with Gasteiger partial charge in [-0.25, -0.2) is 0 Å². The number of aromatic nitrogens is 2. The molecule has 1 rings (SSSR count). The van der Waals surface area contributed by atoms with Crippen LogP contribution in [0.4, 0.5) is 0 Å². The molecule has 41 valence electrons. The first kappa shape index (κ1) is 7.56. The summed E-state index contributed by atoms with van der Waals surface area (Å²) >= 11 is 2.10. The number of nitrogens with zero attached hydrogens (tertiary/aromatic N) is 2. The van der Waals surface area contributed by atoms with Gasteiger partial charge in [0, 0.05) is 19.5 Å². The van der Waals surface area contributed by atoms with Crippen LogP contribution < -0.4 is 5.10 Å². The van der Waals surface area contributed by atoms with E-state index in [1.807, 2.05) is 6.07 Å². The molecule has 0 fully saturated rings. The van der Waals surface area contributed by atoms with Crippen molar-refractivity contribution < 1.29 is 19.5 Å². The molecule has 0 aliphatic rings. The Morgan fingerprint density at radius 1 is 1.71 bits per heavy atom. The summed E-state index contributed by atoms with van der Waals surface area (Å²) in [7, 11) is 0. The summed E-state index contributed by atoms with van der Waals surface area (Å²) in [5.41, 5.74) is 0. The Balaban J connectivity index is 0.000000360. The van der Waals surface area contributed by atoms with Gasteiger partial charge in [-0.1, -0.05) is 6.07 Å². The average molecular weight is 296 g/mol. The van der Waals surface area contributed by atoms with Gasteiger partial charge in [0.1, 0.15) is 0 Å². The molecule has 1 aromatic rings. The molecular weight excluding hydrogens is 294 g/mol. The molecule has 0 bridgehead atoms. The van der Waals surface area contributed by atoms with Crippen LogP contribution in [-0.2, 0) is 19.5 Å². The molecule has 0 unspecified atom stereocenters.